The molecule has 11 nitrogen and oxygen atoms in total. The molecule has 2 aromatic carbocycles. The van der Waals surface area contributed by atoms with E-state index in [0.29, 0.717) is 0 Å². The van der Waals surface area contributed by atoms with Crippen LogP contribution in [0.4, 0.5) is 5.82 Å². The Morgan fingerprint density at radius 2 is 1.29 bits per heavy atom. The van der Waals surface area contributed by atoms with Crippen LogP contribution in [0.25, 0.3) is 0 Å². The standard InChI is InChI=1S/C23H19N3O8/c1-32-17-13-12-16(25-26-17)24-20(27)18(33-22(30)14-8-4-2-5-9-14)19(21(28)29)34-23(31)15-10-6-3-7-11-15/h2-13,18-19H,1H3,(H,28,29)(H,24,25,27). The lowest BCUT2D eigenvalue weighted by Gasteiger charge is -2.23. The first-order valence-electron chi connectivity index (χ1n) is 9.82. The van der Waals surface area contributed by atoms with Gasteiger partial charge in [0.05, 0.1) is 18.2 Å². The summed E-state index contributed by atoms with van der Waals surface area (Å²) in [5.74, 6) is -4.73. The van der Waals surface area contributed by atoms with Gasteiger partial charge in [-0.25, -0.2) is 14.4 Å². The van der Waals surface area contributed by atoms with Gasteiger partial charge < -0.3 is 24.6 Å². The molecule has 174 valence electrons. The molecule has 3 aromatic rings. The summed E-state index contributed by atoms with van der Waals surface area (Å²) in [7, 11) is 1.37. The number of esters is 2. The summed E-state index contributed by atoms with van der Waals surface area (Å²) in [6.45, 7) is 0. The highest BCUT2D eigenvalue weighted by Crippen LogP contribution is 2.16. The molecule has 0 saturated heterocycles. The van der Waals surface area contributed by atoms with Gasteiger partial charge in [0.15, 0.2) is 5.82 Å². The van der Waals surface area contributed by atoms with E-state index in [9.17, 15) is 24.3 Å². The van der Waals surface area contributed by atoms with Crippen LogP contribution in [0, 0.1) is 0 Å². The fourth-order valence-electron chi connectivity index (χ4n) is 2.70. The lowest BCUT2D eigenvalue weighted by atomic mass is 10.1. The topological polar surface area (TPSA) is 154 Å². The Labute approximate surface area is 193 Å². The molecule has 0 spiro atoms. The van der Waals surface area contributed by atoms with Crippen LogP contribution in [-0.4, -0.2) is 58.4 Å². The molecule has 2 N–H and O–H groups in total. The number of methoxy groups -OCH3 is 1. The number of aromatic nitrogens is 2. The molecular weight excluding hydrogens is 446 g/mol. The van der Waals surface area contributed by atoms with E-state index in [1.807, 2.05) is 0 Å². The molecule has 0 aliphatic heterocycles. The highest BCUT2D eigenvalue weighted by atomic mass is 16.6. The molecule has 0 aliphatic carbocycles. The van der Waals surface area contributed by atoms with Crippen LogP contribution in [0.2, 0.25) is 0 Å². The summed E-state index contributed by atoms with van der Waals surface area (Å²) in [5.41, 5.74) is 0.103. The number of hydrogen-bond donors (Lipinski definition) is 2. The number of rotatable bonds is 9. The zero-order valence-electron chi connectivity index (χ0n) is 17.8. The summed E-state index contributed by atoms with van der Waals surface area (Å²) in [4.78, 5) is 50.0. The summed E-state index contributed by atoms with van der Waals surface area (Å²) < 4.78 is 15.1. The predicted octanol–water partition coefficient (Wildman–Crippen LogP) is 1.96. The van der Waals surface area contributed by atoms with Gasteiger partial charge in [-0.05, 0) is 30.3 Å². The number of amides is 1. The predicted molar refractivity (Wildman–Crippen MR) is 116 cm³/mol. The number of carbonyl (C=O) groups excluding carboxylic acids is 3. The molecule has 0 bridgehead atoms. The van der Waals surface area contributed by atoms with Crippen molar-refractivity contribution in [2.45, 2.75) is 12.2 Å². The largest absolute Gasteiger partial charge is 0.480 e. The van der Waals surface area contributed by atoms with Gasteiger partial charge in [0.2, 0.25) is 18.1 Å². The third-order valence-corrected chi connectivity index (χ3v) is 4.36. The number of carboxylic acid groups (broad SMARTS) is 1. The van der Waals surface area contributed by atoms with E-state index in [0.717, 1.165) is 0 Å². The van der Waals surface area contributed by atoms with E-state index in [4.69, 9.17) is 14.2 Å². The number of ether oxygens (including phenoxy) is 3. The summed E-state index contributed by atoms with van der Waals surface area (Å²) in [5, 5.41) is 19.4. The van der Waals surface area contributed by atoms with Crippen molar-refractivity contribution >= 4 is 29.6 Å². The minimum absolute atomic E-state index is 0.0447. The monoisotopic (exact) mass is 465 g/mol. The maximum absolute atomic E-state index is 13.0. The average molecular weight is 465 g/mol. The van der Waals surface area contributed by atoms with Gasteiger partial charge in [-0.15, -0.1) is 10.2 Å². The van der Waals surface area contributed by atoms with E-state index in [1.54, 1.807) is 36.4 Å². The second kappa shape index (κ2) is 11.2. The van der Waals surface area contributed by atoms with Gasteiger partial charge in [-0.1, -0.05) is 36.4 Å². The molecular formula is C23H19N3O8. The summed E-state index contributed by atoms with van der Waals surface area (Å²) in [6.07, 6.45) is -4.21. The quantitative estimate of drug-likeness (QED) is 0.448. The molecule has 3 rings (SSSR count). The first-order valence-corrected chi connectivity index (χ1v) is 9.82. The maximum atomic E-state index is 13.0. The molecule has 11 heteroatoms. The fraction of sp³-hybridized carbons (Fsp3) is 0.130. The van der Waals surface area contributed by atoms with Crippen molar-refractivity contribution in [1.82, 2.24) is 10.2 Å². The summed E-state index contributed by atoms with van der Waals surface area (Å²) in [6, 6.07) is 17.9. The number of aliphatic carboxylic acids is 1. The SMILES string of the molecule is COc1ccc(NC(=O)C(OC(=O)c2ccccc2)C(OC(=O)c2ccccc2)C(=O)O)nn1. The molecule has 0 fully saturated rings. The zero-order valence-corrected chi connectivity index (χ0v) is 17.8. The molecule has 0 aliphatic rings. The minimum atomic E-state index is -2.16. The molecule has 1 aromatic heterocycles. The van der Waals surface area contributed by atoms with Crippen molar-refractivity contribution in [2.75, 3.05) is 12.4 Å². The average Bonchev–Trinajstić information content (AvgIpc) is 2.87. The van der Waals surface area contributed by atoms with E-state index in [-0.39, 0.29) is 22.8 Å². The second-order valence-electron chi connectivity index (χ2n) is 6.67. The van der Waals surface area contributed by atoms with Crippen LogP contribution in [0.15, 0.2) is 72.8 Å². The van der Waals surface area contributed by atoms with Gasteiger partial charge in [0.1, 0.15) is 0 Å². The molecule has 1 heterocycles. The zero-order chi connectivity index (χ0) is 24.5. The van der Waals surface area contributed by atoms with Crippen LogP contribution in [0.3, 0.4) is 0 Å². The van der Waals surface area contributed by atoms with Crippen molar-refractivity contribution in [3.8, 4) is 5.88 Å². The first kappa shape index (κ1) is 23.9. The molecule has 2 atom stereocenters. The third kappa shape index (κ3) is 6.13. The van der Waals surface area contributed by atoms with Gasteiger partial charge in [-0.2, -0.15) is 0 Å². The molecule has 1 amide bonds. The van der Waals surface area contributed by atoms with Crippen LogP contribution in [0.5, 0.6) is 5.88 Å². The van der Waals surface area contributed by atoms with E-state index in [2.05, 4.69) is 15.5 Å². The van der Waals surface area contributed by atoms with Crippen LogP contribution in [0.1, 0.15) is 20.7 Å². The van der Waals surface area contributed by atoms with Gasteiger partial charge >= 0.3 is 17.9 Å². The first-order chi connectivity index (χ1) is 16.4. The third-order valence-electron chi connectivity index (χ3n) is 4.36. The summed E-state index contributed by atoms with van der Waals surface area (Å²) >= 11 is 0. The van der Waals surface area contributed by atoms with Crippen LogP contribution < -0.4 is 10.1 Å². The van der Waals surface area contributed by atoms with Crippen molar-refractivity contribution in [2.24, 2.45) is 0 Å². The Bertz CT molecular complexity index is 1150. The lowest BCUT2D eigenvalue weighted by molar-refractivity contribution is -0.157. The van der Waals surface area contributed by atoms with Crippen LogP contribution in [-0.2, 0) is 19.1 Å². The highest BCUT2D eigenvalue weighted by Gasteiger charge is 2.41. The molecule has 2 unspecified atom stereocenters. The fourth-order valence-corrected chi connectivity index (χ4v) is 2.70. The minimum Gasteiger partial charge on any atom is -0.480 e. The van der Waals surface area contributed by atoms with Crippen molar-refractivity contribution < 1.29 is 38.5 Å². The van der Waals surface area contributed by atoms with E-state index in [1.165, 1.54) is 43.5 Å². The number of nitrogens with zero attached hydrogens (tertiary/aromatic N) is 2. The molecule has 34 heavy (non-hydrogen) atoms. The van der Waals surface area contributed by atoms with Crippen molar-refractivity contribution in [1.29, 1.82) is 0 Å². The number of carbonyl (C=O) groups is 4. The number of anilines is 1. The highest BCUT2D eigenvalue weighted by molar-refractivity contribution is 6.01. The second-order valence-corrected chi connectivity index (χ2v) is 6.67. The maximum Gasteiger partial charge on any atom is 0.349 e. The lowest BCUT2D eigenvalue weighted by Crippen LogP contribution is -2.48. The Balaban J connectivity index is 1.88. The number of nitrogens with one attached hydrogen (secondary N) is 1. The van der Waals surface area contributed by atoms with Crippen molar-refractivity contribution in [3.63, 3.8) is 0 Å². The Morgan fingerprint density at radius 1 is 0.765 bits per heavy atom. The smallest absolute Gasteiger partial charge is 0.349 e. The molecule has 0 saturated carbocycles. The number of carboxylic acids is 1. The Hall–Kier alpha value is -4.80. The van der Waals surface area contributed by atoms with Gasteiger partial charge in [0, 0.05) is 6.07 Å². The molecule has 0 radical (unpaired) electrons. The number of benzene rings is 2. The van der Waals surface area contributed by atoms with E-state index >= 15 is 0 Å². The van der Waals surface area contributed by atoms with Crippen LogP contribution >= 0.6 is 0 Å². The Kier molecular flexibility index (Phi) is 7.84. The number of hydrogen-bond acceptors (Lipinski definition) is 9. The normalized spacial score (nSPS) is 12.0. The Morgan fingerprint density at radius 3 is 1.74 bits per heavy atom. The van der Waals surface area contributed by atoms with Gasteiger partial charge in [0.25, 0.3) is 5.91 Å². The van der Waals surface area contributed by atoms with E-state index < -0.39 is 36.0 Å². The van der Waals surface area contributed by atoms with Crippen molar-refractivity contribution in [3.05, 3.63) is 83.9 Å². The van der Waals surface area contributed by atoms with Gasteiger partial charge in [-0.3, -0.25) is 4.79 Å².